The standard InChI is InChI=1S/C18H19NO8S/c1-4-26-14(20)9-19-16(21)13(28-18(19)24)8-11-6-5-7-12(25-3)15(11)27-10(2)17(22)23/h5-8,10H,4,9H2,1-3H3,(H,22,23)/b13-8+/t10-/m1/s1. The second kappa shape index (κ2) is 9.27. The second-order valence-electron chi connectivity index (χ2n) is 5.55. The summed E-state index contributed by atoms with van der Waals surface area (Å²) in [5.41, 5.74) is 0.356. The zero-order valence-corrected chi connectivity index (χ0v) is 16.3. The molecule has 1 aromatic carbocycles. The van der Waals surface area contributed by atoms with Gasteiger partial charge in [0.05, 0.1) is 18.6 Å². The molecular weight excluding hydrogens is 390 g/mol. The largest absolute Gasteiger partial charge is 0.493 e. The van der Waals surface area contributed by atoms with Crippen molar-refractivity contribution in [2.24, 2.45) is 0 Å². The molecule has 0 radical (unpaired) electrons. The maximum absolute atomic E-state index is 12.5. The Hall–Kier alpha value is -3.01. The number of nitrogens with zero attached hydrogens (tertiary/aromatic N) is 1. The van der Waals surface area contributed by atoms with E-state index in [1.54, 1.807) is 25.1 Å². The summed E-state index contributed by atoms with van der Waals surface area (Å²) in [5, 5.41) is 8.48. The lowest BCUT2D eigenvalue weighted by Crippen LogP contribution is -2.34. The average Bonchev–Trinajstić information content (AvgIpc) is 2.90. The highest BCUT2D eigenvalue weighted by atomic mass is 32.2. The number of carboxylic acid groups (broad SMARTS) is 1. The molecule has 2 rings (SSSR count). The lowest BCUT2D eigenvalue weighted by Gasteiger charge is -2.16. The molecule has 9 nitrogen and oxygen atoms in total. The van der Waals surface area contributed by atoms with Gasteiger partial charge < -0.3 is 19.3 Å². The van der Waals surface area contributed by atoms with Gasteiger partial charge >= 0.3 is 11.9 Å². The molecule has 1 fully saturated rings. The van der Waals surface area contributed by atoms with Crippen LogP contribution in [0.5, 0.6) is 11.5 Å². The van der Waals surface area contributed by atoms with E-state index in [2.05, 4.69) is 0 Å². The third-order valence-electron chi connectivity index (χ3n) is 3.62. The van der Waals surface area contributed by atoms with Crippen LogP contribution in [0.1, 0.15) is 19.4 Å². The monoisotopic (exact) mass is 409 g/mol. The van der Waals surface area contributed by atoms with Crippen molar-refractivity contribution in [3.63, 3.8) is 0 Å². The van der Waals surface area contributed by atoms with Crippen LogP contribution in [-0.2, 0) is 19.1 Å². The Morgan fingerprint density at radius 1 is 1.32 bits per heavy atom. The molecule has 0 aromatic heterocycles. The van der Waals surface area contributed by atoms with Crippen LogP contribution in [0.25, 0.3) is 6.08 Å². The minimum atomic E-state index is -1.17. The topological polar surface area (TPSA) is 119 Å². The van der Waals surface area contributed by atoms with Crippen LogP contribution in [0.3, 0.4) is 0 Å². The van der Waals surface area contributed by atoms with E-state index in [-0.39, 0.29) is 23.0 Å². The van der Waals surface area contributed by atoms with Crippen molar-refractivity contribution < 1.29 is 38.5 Å². The Bertz CT molecular complexity index is 835. The van der Waals surface area contributed by atoms with Gasteiger partial charge in [0.2, 0.25) is 0 Å². The number of hydrogen-bond acceptors (Lipinski definition) is 8. The molecule has 0 aliphatic carbocycles. The van der Waals surface area contributed by atoms with E-state index in [0.29, 0.717) is 17.3 Å². The Morgan fingerprint density at radius 3 is 2.64 bits per heavy atom. The summed E-state index contributed by atoms with van der Waals surface area (Å²) in [6, 6.07) is 4.80. The number of imide groups is 1. The first-order valence-electron chi connectivity index (χ1n) is 8.25. The van der Waals surface area contributed by atoms with E-state index < -0.39 is 35.7 Å². The lowest BCUT2D eigenvalue weighted by atomic mass is 10.1. The molecule has 28 heavy (non-hydrogen) atoms. The predicted molar refractivity (Wildman–Crippen MR) is 100 cm³/mol. The molecule has 10 heteroatoms. The van der Waals surface area contributed by atoms with Gasteiger partial charge in [0.1, 0.15) is 6.54 Å². The summed E-state index contributed by atoms with van der Waals surface area (Å²) in [4.78, 5) is 48.1. The van der Waals surface area contributed by atoms with Gasteiger partial charge in [0.15, 0.2) is 17.6 Å². The molecule has 150 valence electrons. The van der Waals surface area contributed by atoms with E-state index in [4.69, 9.17) is 19.3 Å². The normalized spacial score (nSPS) is 16.2. The number of carbonyl (C=O) groups is 4. The number of amides is 2. The van der Waals surface area contributed by atoms with Crippen molar-refractivity contribution in [1.82, 2.24) is 4.90 Å². The van der Waals surface area contributed by atoms with Gasteiger partial charge in [-0.25, -0.2) is 4.79 Å². The first-order chi connectivity index (χ1) is 13.3. The number of ether oxygens (including phenoxy) is 3. The van der Waals surface area contributed by atoms with Crippen LogP contribution in [0, 0.1) is 0 Å². The molecule has 0 saturated carbocycles. The number of para-hydroxylation sites is 1. The van der Waals surface area contributed by atoms with Crippen LogP contribution >= 0.6 is 11.8 Å². The van der Waals surface area contributed by atoms with Crippen LogP contribution < -0.4 is 9.47 Å². The molecule has 1 N–H and O–H groups in total. The van der Waals surface area contributed by atoms with E-state index >= 15 is 0 Å². The van der Waals surface area contributed by atoms with Crippen LogP contribution in [0.2, 0.25) is 0 Å². The predicted octanol–water partition coefficient (Wildman–Crippen LogP) is 2.15. The van der Waals surface area contributed by atoms with Crippen molar-refractivity contribution in [2.45, 2.75) is 20.0 Å². The van der Waals surface area contributed by atoms with Gasteiger partial charge in [0, 0.05) is 5.56 Å². The molecule has 1 aliphatic rings. The first kappa shape index (κ1) is 21.3. The molecule has 1 aliphatic heterocycles. The van der Waals surface area contributed by atoms with Crippen LogP contribution in [0.4, 0.5) is 4.79 Å². The Labute approximate surface area is 165 Å². The lowest BCUT2D eigenvalue weighted by molar-refractivity contribution is -0.146. The fourth-order valence-electron chi connectivity index (χ4n) is 2.27. The number of thioether (sulfide) groups is 1. The van der Waals surface area contributed by atoms with E-state index in [9.17, 15) is 19.2 Å². The Kier molecular flexibility index (Phi) is 7.05. The van der Waals surface area contributed by atoms with Gasteiger partial charge in [-0.05, 0) is 37.8 Å². The summed E-state index contributed by atoms with van der Waals surface area (Å²) in [6.45, 7) is 2.63. The molecular formula is C18H19NO8S. The number of methoxy groups -OCH3 is 1. The fourth-order valence-corrected chi connectivity index (χ4v) is 3.10. The molecule has 1 heterocycles. The van der Waals surface area contributed by atoms with Gasteiger partial charge in [-0.15, -0.1) is 0 Å². The second-order valence-corrected chi connectivity index (χ2v) is 6.54. The number of esters is 1. The quantitative estimate of drug-likeness (QED) is 0.508. The minimum absolute atomic E-state index is 0.0652. The first-order valence-corrected chi connectivity index (χ1v) is 9.07. The Morgan fingerprint density at radius 2 is 2.04 bits per heavy atom. The number of benzene rings is 1. The SMILES string of the molecule is CCOC(=O)CN1C(=O)S/C(=C/c2cccc(OC)c2O[C@H](C)C(=O)O)C1=O. The van der Waals surface area contributed by atoms with Gasteiger partial charge in [-0.2, -0.15) is 0 Å². The average molecular weight is 409 g/mol. The maximum atomic E-state index is 12.5. The highest BCUT2D eigenvalue weighted by molar-refractivity contribution is 8.18. The number of carboxylic acids is 1. The summed E-state index contributed by atoms with van der Waals surface area (Å²) in [7, 11) is 1.39. The molecule has 1 saturated heterocycles. The van der Waals surface area contributed by atoms with E-state index in [1.165, 1.54) is 20.1 Å². The smallest absolute Gasteiger partial charge is 0.344 e. The summed E-state index contributed by atoms with van der Waals surface area (Å²) >= 11 is 0.662. The zero-order chi connectivity index (χ0) is 20.8. The van der Waals surface area contributed by atoms with Crippen LogP contribution in [-0.4, -0.2) is 59.5 Å². The van der Waals surface area contributed by atoms with Crippen molar-refractivity contribution in [3.8, 4) is 11.5 Å². The fraction of sp³-hybridized carbons (Fsp3) is 0.333. The van der Waals surface area contributed by atoms with E-state index in [1.807, 2.05) is 0 Å². The highest BCUT2D eigenvalue weighted by Crippen LogP contribution is 2.37. The third-order valence-corrected chi connectivity index (χ3v) is 4.53. The third kappa shape index (κ3) is 4.83. The van der Waals surface area contributed by atoms with Gasteiger partial charge in [0.25, 0.3) is 11.1 Å². The van der Waals surface area contributed by atoms with E-state index in [0.717, 1.165) is 4.90 Å². The zero-order valence-electron chi connectivity index (χ0n) is 15.5. The molecule has 1 aromatic rings. The number of aliphatic carboxylic acids is 1. The highest BCUT2D eigenvalue weighted by Gasteiger charge is 2.37. The van der Waals surface area contributed by atoms with Crippen molar-refractivity contribution in [1.29, 1.82) is 0 Å². The van der Waals surface area contributed by atoms with Gasteiger partial charge in [-0.1, -0.05) is 12.1 Å². The number of hydrogen-bond donors (Lipinski definition) is 1. The molecule has 2 amide bonds. The summed E-state index contributed by atoms with van der Waals surface area (Å²) in [5.74, 6) is -2.12. The molecule has 0 unspecified atom stereocenters. The van der Waals surface area contributed by atoms with Gasteiger partial charge in [-0.3, -0.25) is 19.3 Å². The van der Waals surface area contributed by atoms with Crippen LogP contribution in [0.15, 0.2) is 23.1 Å². The molecule has 0 bridgehead atoms. The molecule has 1 atom stereocenters. The molecule has 0 spiro atoms. The summed E-state index contributed by atoms with van der Waals surface area (Å²) < 4.78 is 15.4. The summed E-state index contributed by atoms with van der Waals surface area (Å²) in [6.07, 6.45) is 0.227. The van der Waals surface area contributed by atoms with Crippen molar-refractivity contribution in [2.75, 3.05) is 20.3 Å². The Balaban J connectivity index is 2.34. The van der Waals surface area contributed by atoms with Crippen molar-refractivity contribution in [3.05, 3.63) is 28.7 Å². The number of rotatable bonds is 8. The van der Waals surface area contributed by atoms with Crippen molar-refractivity contribution >= 4 is 40.9 Å². The number of carbonyl (C=O) groups excluding carboxylic acids is 3. The maximum Gasteiger partial charge on any atom is 0.344 e. The minimum Gasteiger partial charge on any atom is -0.493 e.